The van der Waals surface area contributed by atoms with Crippen LogP contribution in [0, 0.1) is 6.92 Å². The van der Waals surface area contributed by atoms with Crippen LogP contribution in [-0.2, 0) is 10.0 Å². The van der Waals surface area contributed by atoms with Crippen molar-refractivity contribution in [3.63, 3.8) is 0 Å². The first-order chi connectivity index (χ1) is 15.9. The zero-order chi connectivity index (χ0) is 23.0. The van der Waals surface area contributed by atoms with Crippen molar-refractivity contribution in [2.75, 3.05) is 26.2 Å². The zero-order valence-electron chi connectivity index (χ0n) is 18.4. The average molecular weight is 480 g/mol. The van der Waals surface area contributed by atoms with Gasteiger partial charge in [0.25, 0.3) is 0 Å². The number of hydrogen-bond acceptors (Lipinski definition) is 3. The first-order valence-electron chi connectivity index (χ1n) is 11.1. The van der Waals surface area contributed by atoms with Crippen molar-refractivity contribution in [2.45, 2.75) is 18.2 Å². The highest BCUT2D eigenvalue weighted by atomic mass is 35.5. The maximum Gasteiger partial charge on any atom is 0.241 e. The van der Waals surface area contributed by atoms with Gasteiger partial charge >= 0.3 is 0 Å². The van der Waals surface area contributed by atoms with Gasteiger partial charge in [0, 0.05) is 58.7 Å². The van der Waals surface area contributed by atoms with E-state index in [1.54, 1.807) is 12.1 Å². The third-order valence-corrected chi connectivity index (χ3v) is 8.08. The number of aromatic nitrogens is 1. The van der Waals surface area contributed by atoms with Gasteiger partial charge < -0.3 is 4.98 Å². The molecule has 3 aromatic carbocycles. The Kier molecular flexibility index (Phi) is 6.01. The summed E-state index contributed by atoms with van der Waals surface area (Å²) in [7, 11) is -3.58. The van der Waals surface area contributed by atoms with E-state index in [-0.39, 0.29) is 0 Å². The third kappa shape index (κ3) is 4.44. The molecule has 0 aliphatic carbocycles. The number of rotatable bonds is 6. The minimum atomic E-state index is -3.58. The summed E-state index contributed by atoms with van der Waals surface area (Å²) >= 11 is 6.23. The minimum absolute atomic E-state index is 0.329. The van der Waals surface area contributed by atoms with Crippen molar-refractivity contribution in [1.82, 2.24) is 14.6 Å². The van der Waals surface area contributed by atoms with E-state index in [4.69, 9.17) is 11.6 Å². The van der Waals surface area contributed by atoms with E-state index in [1.807, 2.05) is 48.5 Å². The van der Waals surface area contributed by atoms with Gasteiger partial charge in [0.2, 0.25) is 10.0 Å². The molecule has 0 spiro atoms. The molecule has 0 amide bonds. The standard InChI is InChI=1S/C26H26ClN3O2S/c1-18-26(23-17-21(27)9-10-24(23)29-18)20-11-14-30(15-12-20)16-13-28-33(31,32)25-8-4-6-19-5-2-3-7-22(19)25/h2-11,17,28-29H,12-16H2,1H3. The zero-order valence-corrected chi connectivity index (χ0v) is 20.0. The average Bonchev–Trinajstić information content (AvgIpc) is 3.14. The molecule has 5 rings (SSSR count). The molecule has 0 fully saturated rings. The van der Waals surface area contributed by atoms with Gasteiger partial charge in [-0.2, -0.15) is 0 Å². The van der Waals surface area contributed by atoms with Gasteiger partial charge in [0.15, 0.2) is 0 Å². The van der Waals surface area contributed by atoms with E-state index in [0.717, 1.165) is 51.9 Å². The van der Waals surface area contributed by atoms with Crippen LogP contribution >= 0.6 is 11.6 Å². The summed E-state index contributed by atoms with van der Waals surface area (Å²) in [5.74, 6) is 0. The highest BCUT2D eigenvalue weighted by Crippen LogP contribution is 2.33. The van der Waals surface area contributed by atoms with E-state index < -0.39 is 10.0 Å². The first kappa shape index (κ1) is 22.2. The molecular formula is C26H26ClN3O2S. The van der Waals surface area contributed by atoms with Crippen LogP contribution in [-0.4, -0.2) is 44.5 Å². The molecule has 0 saturated heterocycles. The fourth-order valence-electron chi connectivity index (χ4n) is 4.70. The van der Waals surface area contributed by atoms with Gasteiger partial charge in [0.05, 0.1) is 4.90 Å². The van der Waals surface area contributed by atoms with Gasteiger partial charge in [-0.15, -0.1) is 0 Å². The second-order valence-electron chi connectivity index (χ2n) is 8.47. The molecule has 1 aromatic heterocycles. The molecule has 170 valence electrons. The van der Waals surface area contributed by atoms with Crippen molar-refractivity contribution in [3.05, 3.63) is 83.0 Å². The summed E-state index contributed by atoms with van der Waals surface area (Å²) < 4.78 is 28.6. The summed E-state index contributed by atoms with van der Waals surface area (Å²) in [4.78, 5) is 6.05. The molecule has 0 unspecified atom stereocenters. The quantitative estimate of drug-likeness (QED) is 0.391. The number of halogens is 1. The lowest BCUT2D eigenvalue weighted by atomic mass is 9.97. The number of nitrogens with zero attached hydrogens (tertiary/aromatic N) is 1. The van der Waals surface area contributed by atoms with Crippen LogP contribution in [0.15, 0.2) is 71.6 Å². The van der Waals surface area contributed by atoms with Crippen molar-refractivity contribution in [2.24, 2.45) is 0 Å². The van der Waals surface area contributed by atoms with Gasteiger partial charge in [-0.25, -0.2) is 13.1 Å². The third-order valence-electron chi connectivity index (χ3n) is 6.32. The number of aromatic amines is 1. The van der Waals surface area contributed by atoms with Crippen LogP contribution < -0.4 is 4.72 Å². The van der Waals surface area contributed by atoms with Crippen molar-refractivity contribution < 1.29 is 8.42 Å². The van der Waals surface area contributed by atoms with E-state index in [0.29, 0.717) is 18.0 Å². The summed E-state index contributed by atoms with van der Waals surface area (Å²) in [5, 5.41) is 3.55. The molecule has 5 nitrogen and oxygen atoms in total. The van der Waals surface area contributed by atoms with E-state index >= 15 is 0 Å². The van der Waals surface area contributed by atoms with Gasteiger partial charge in [-0.3, -0.25) is 4.90 Å². The Labute approximate surface area is 199 Å². The molecule has 2 heterocycles. The number of nitrogens with one attached hydrogen (secondary N) is 2. The van der Waals surface area contributed by atoms with Gasteiger partial charge in [-0.05, 0) is 48.6 Å². The van der Waals surface area contributed by atoms with Crippen molar-refractivity contribution >= 4 is 48.9 Å². The molecule has 0 atom stereocenters. The van der Waals surface area contributed by atoms with E-state index in [1.165, 1.54) is 11.1 Å². The highest BCUT2D eigenvalue weighted by Gasteiger charge is 2.20. The molecule has 7 heteroatoms. The van der Waals surface area contributed by atoms with Crippen LogP contribution in [0.5, 0.6) is 0 Å². The van der Waals surface area contributed by atoms with Gasteiger partial charge in [0.1, 0.15) is 0 Å². The number of benzene rings is 3. The Morgan fingerprint density at radius 3 is 2.70 bits per heavy atom. The molecule has 4 aromatic rings. The Morgan fingerprint density at radius 2 is 1.88 bits per heavy atom. The predicted octanol–water partition coefficient (Wildman–Crippen LogP) is 5.35. The second kappa shape index (κ2) is 8.95. The number of sulfonamides is 1. The first-order valence-corrected chi connectivity index (χ1v) is 13.0. The van der Waals surface area contributed by atoms with Crippen LogP contribution in [0.1, 0.15) is 17.7 Å². The molecule has 0 bridgehead atoms. The van der Waals surface area contributed by atoms with Crippen molar-refractivity contribution in [3.8, 4) is 0 Å². The normalized spacial score (nSPS) is 15.3. The molecular weight excluding hydrogens is 454 g/mol. The maximum absolute atomic E-state index is 12.9. The van der Waals surface area contributed by atoms with E-state index in [2.05, 4.69) is 27.6 Å². The molecule has 0 saturated carbocycles. The Bertz CT molecular complexity index is 1470. The molecule has 2 N–H and O–H groups in total. The molecule has 33 heavy (non-hydrogen) atoms. The number of hydrogen-bond donors (Lipinski definition) is 2. The van der Waals surface area contributed by atoms with Crippen LogP contribution in [0.2, 0.25) is 5.02 Å². The summed E-state index contributed by atoms with van der Waals surface area (Å²) in [6, 6.07) is 18.9. The Hall–Kier alpha value is -2.64. The molecule has 0 radical (unpaired) electrons. The number of H-pyrrole nitrogens is 1. The summed E-state index contributed by atoms with van der Waals surface area (Å²) in [5.41, 5.74) is 4.80. The summed E-state index contributed by atoms with van der Waals surface area (Å²) in [6.07, 6.45) is 3.16. The van der Waals surface area contributed by atoms with Crippen LogP contribution in [0.3, 0.4) is 0 Å². The lowest BCUT2D eigenvalue weighted by Gasteiger charge is -2.26. The van der Waals surface area contributed by atoms with E-state index in [9.17, 15) is 8.42 Å². The summed E-state index contributed by atoms with van der Waals surface area (Å²) in [6.45, 7) is 4.80. The van der Waals surface area contributed by atoms with Gasteiger partial charge in [-0.1, -0.05) is 54.1 Å². The second-order valence-corrected chi connectivity index (χ2v) is 10.6. The molecule has 1 aliphatic rings. The Morgan fingerprint density at radius 1 is 1.06 bits per heavy atom. The number of aryl methyl sites for hydroxylation is 1. The minimum Gasteiger partial charge on any atom is -0.358 e. The topological polar surface area (TPSA) is 65.2 Å². The largest absolute Gasteiger partial charge is 0.358 e. The van der Waals surface area contributed by atoms with Crippen LogP contribution in [0.4, 0.5) is 0 Å². The SMILES string of the molecule is Cc1[nH]c2ccc(Cl)cc2c1C1=CCN(CCNS(=O)(=O)c2cccc3ccccc23)CC1. The lowest BCUT2D eigenvalue weighted by Crippen LogP contribution is -2.37. The maximum atomic E-state index is 12.9. The Balaban J connectivity index is 1.25. The van der Waals surface area contributed by atoms with Crippen LogP contribution in [0.25, 0.3) is 27.2 Å². The lowest BCUT2D eigenvalue weighted by molar-refractivity contribution is 0.307. The predicted molar refractivity (Wildman–Crippen MR) is 136 cm³/mol. The van der Waals surface area contributed by atoms with Crippen molar-refractivity contribution in [1.29, 1.82) is 0 Å². The highest BCUT2D eigenvalue weighted by molar-refractivity contribution is 7.89. The fraction of sp³-hybridized carbons (Fsp3) is 0.231. The smallest absolute Gasteiger partial charge is 0.241 e. The monoisotopic (exact) mass is 479 g/mol. The molecule has 1 aliphatic heterocycles. The number of fused-ring (bicyclic) bond motifs is 2. The fourth-order valence-corrected chi connectivity index (χ4v) is 6.12.